The van der Waals surface area contributed by atoms with Gasteiger partial charge in [0, 0.05) is 0 Å². The molecule has 0 aliphatic heterocycles. The summed E-state index contributed by atoms with van der Waals surface area (Å²) in [5.41, 5.74) is -1.68. The van der Waals surface area contributed by atoms with E-state index in [1.54, 1.807) is 0 Å². The van der Waals surface area contributed by atoms with Crippen LogP contribution in [0.4, 0.5) is 0 Å². The summed E-state index contributed by atoms with van der Waals surface area (Å²) >= 11 is 0. The fourth-order valence-corrected chi connectivity index (χ4v) is 2.98. The van der Waals surface area contributed by atoms with Crippen LogP contribution < -0.4 is 0 Å². The molecule has 0 atom stereocenters. The van der Waals surface area contributed by atoms with E-state index in [1.807, 2.05) is 0 Å². The molecule has 9 nitrogen and oxygen atoms in total. The fourth-order valence-electron chi connectivity index (χ4n) is 2.98. The van der Waals surface area contributed by atoms with E-state index >= 15 is 0 Å². The quantitative estimate of drug-likeness (QED) is 0.451. The molecule has 0 bridgehead atoms. The summed E-state index contributed by atoms with van der Waals surface area (Å²) in [6.45, 7) is 0. The second-order valence-electron chi connectivity index (χ2n) is 5.96. The van der Waals surface area contributed by atoms with Crippen molar-refractivity contribution in [2.45, 2.75) is 18.9 Å². The van der Waals surface area contributed by atoms with Crippen molar-refractivity contribution < 1.29 is 44.7 Å². The van der Waals surface area contributed by atoms with E-state index < -0.39 is 52.2 Å². The zero-order valence-corrected chi connectivity index (χ0v) is 14.3. The number of aromatic carboxylic acids is 4. The van der Waals surface area contributed by atoms with Crippen molar-refractivity contribution in [3.63, 3.8) is 0 Å². The molecule has 0 fully saturated rings. The third kappa shape index (κ3) is 4.33. The van der Waals surface area contributed by atoms with Crippen LogP contribution >= 0.6 is 0 Å². The van der Waals surface area contributed by atoms with Crippen molar-refractivity contribution in [2.24, 2.45) is 0 Å². The van der Waals surface area contributed by atoms with Crippen LogP contribution in [0, 0.1) is 0 Å². The molecule has 0 heterocycles. The van der Waals surface area contributed by atoms with Crippen LogP contribution in [0.2, 0.25) is 0 Å². The first-order valence-corrected chi connectivity index (χ1v) is 7.98. The lowest BCUT2D eigenvalue weighted by atomic mass is 9.92. The Labute approximate surface area is 158 Å². The maximum Gasteiger partial charge on any atom is 0.336 e. The summed E-state index contributed by atoms with van der Waals surface area (Å²) in [5.74, 6) is -5.81. The van der Waals surface area contributed by atoms with Gasteiger partial charge >= 0.3 is 23.9 Å². The lowest BCUT2D eigenvalue weighted by Crippen LogP contribution is -2.20. The molecule has 146 valence electrons. The average molecular weight is 388 g/mol. The molecule has 5 N–H and O–H groups in total. The van der Waals surface area contributed by atoms with Crippen LogP contribution in [-0.2, 0) is 12.8 Å². The van der Waals surface area contributed by atoms with Gasteiger partial charge in [0.05, 0.1) is 28.4 Å². The van der Waals surface area contributed by atoms with Crippen LogP contribution in [-0.4, -0.2) is 55.5 Å². The molecule has 0 aromatic heterocycles. The van der Waals surface area contributed by atoms with Gasteiger partial charge in [0.1, 0.15) is 0 Å². The number of benzene rings is 2. The Balaban J connectivity index is 2.38. The number of hydrogen-bond acceptors (Lipinski definition) is 5. The van der Waals surface area contributed by atoms with Gasteiger partial charge in [-0.3, -0.25) is 0 Å². The maximum absolute atomic E-state index is 11.5. The van der Waals surface area contributed by atoms with E-state index in [1.165, 1.54) is 24.3 Å². The zero-order chi connectivity index (χ0) is 21.0. The first-order valence-electron chi connectivity index (χ1n) is 7.98. The summed E-state index contributed by atoms with van der Waals surface area (Å²) in [5, 5.41) is 47.3. The minimum absolute atomic E-state index is 0.0613. The summed E-state index contributed by atoms with van der Waals surface area (Å²) in [4.78, 5) is 45.4. The second-order valence-corrected chi connectivity index (χ2v) is 5.96. The van der Waals surface area contributed by atoms with Gasteiger partial charge in [-0.05, 0) is 36.1 Å². The van der Waals surface area contributed by atoms with Crippen LogP contribution in [0.3, 0.4) is 0 Å². The van der Waals surface area contributed by atoms with Gasteiger partial charge in [-0.2, -0.15) is 0 Å². The van der Waals surface area contributed by atoms with Gasteiger partial charge in [-0.1, -0.05) is 24.3 Å². The number of hydrogen-bond donors (Lipinski definition) is 5. The van der Waals surface area contributed by atoms with Crippen LogP contribution in [0.15, 0.2) is 36.4 Å². The zero-order valence-electron chi connectivity index (χ0n) is 14.3. The highest BCUT2D eigenvalue weighted by Gasteiger charge is 2.24. The van der Waals surface area contributed by atoms with Crippen molar-refractivity contribution in [2.75, 3.05) is 0 Å². The highest BCUT2D eigenvalue weighted by molar-refractivity contribution is 6.03. The average Bonchev–Trinajstić information content (AvgIpc) is 2.60. The van der Waals surface area contributed by atoms with Crippen molar-refractivity contribution in [1.82, 2.24) is 0 Å². The molecular weight excluding hydrogens is 372 g/mol. The molecular formula is C19H16O9. The molecule has 2 aromatic rings. The molecule has 0 saturated carbocycles. The highest BCUT2D eigenvalue weighted by Crippen LogP contribution is 2.21. The lowest BCUT2D eigenvalue weighted by Gasteiger charge is -2.16. The molecule has 0 aliphatic carbocycles. The van der Waals surface area contributed by atoms with E-state index in [-0.39, 0.29) is 24.0 Å². The second kappa shape index (κ2) is 8.31. The number of carboxylic acid groups (broad SMARTS) is 4. The van der Waals surface area contributed by atoms with Crippen molar-refractivity contribution in [3.05, 3.63) is 69.8 Å². The number of aliphatic hydroxyl groups excluding tert-OH is 1. The fraction of sp³-hybridized carbons (Fsp3) is 0.158. The smallest absolute Gasteiger partial charge is 0.336 e. The van der Waals surface area contributed by atoms with Gasteiger partial charge in [0.2, 0.25) is 0 Å². The Morgan fingerprint density at radius 3 is 1.29 bits per heavy atom. The van der Waals surface area contributed by atoms with Gasteiger partial charge in [0.15, 0.2) is 0 Å². The van der Waals surface area contributed by atoms with E-state index in [0.717, 1.165) is 12.1 Å². The molecule has 2 aromatic carbocycles. The van der Waals surface area contributed by atoms with E-state index in [9.17, 15) is 34.5 Å². The topological polar surface area (TPSA) is 169 Å². The molecule has 0 aliphatic rings. The van der Waals surface area contributed by atoms with E-state index in [0.29, 0.717) is 0 Å². The van der Waals surface area contributed by atoms with E-state index in [4.69, 9.17) is 10.2 Å². The Bertz CT molecular complexity index is 884. The number of carboxylic acids is 4. The van der Waals surface area contributed by atoms with Gasteiger partial charge in [-0.25, -0.2) is 19.2 Å². The largest absolute Gasteiger partial charge is 0.478 e. The molecule has 0 saturated heterocycles. The molecule has 0 spiro atoms. The summed E-state index contributed by atoms with van der Waals surface area (Å²) in [6.07, 6.45) is -1.80. The van der Waals surface area contributed by atoms with Gasteiger partial charge < -0.3 is 25.5 Å². The van der Waals surface area contributed by atoms with Crippen molar-refractivity contribution in [3.8, 4) is 0 Å². The van der Waals surface area contributed by atoms with Gasteiger partial charge in [0.25, 0.3) is 0 Å². The first kappa shape index (κ1) is 20.6. The molecule has 2 rings (SSSR count). The summed E-state index contributed by atoms with van der Waals surface area (Å²) in [6, 6.07) is 7.63. The summed E-state index contributed by atoms with van der Waals surface area (Å²) < 4.78 is 0. The molecule has 28 heavy (non-hydrogen) atoms. The molecule has 9 heteroatoms. The summed E-state index contributed by atoms with van der Waals surface area (Å²) in [7, 11) is 0. The Morgan fingerprint density at radius 2 is 1.00 bits per heavy atom. The standard InChI is InChI=1S/C19H16O9/c20-11(7-9-3-1-5-12(16(21)22)14(9)18(25)26)8-10-4-2-6-13(17(23)24)15(10)19(27)28/h1-6,11,20H,7-8H2,(H,21,22)(H,23,24)(H,25,26)(H,27,28). The van der Waals surface area contributed by atoms with Crippen molar-refractivity contribution in [1.29, 1.82) is 0 Å². The van der Waals surface area contributed by atoms with Crippen molar-refractivity contribution >= 4 is 23.9 Å². The normalized spacial score (nSPS) is 10.6. The monoisotopic (exact) mass is 388 g/mol. The maximum atomic E-state index is 11.5. The van der Waals surface area contributed by atoms with Gasteiger partial charge in [-0.15, -0.1) is 0 Å². The predicted molar refractivity (Wildman–Crippen MR) is 94.1 cm³/mol. The number of rotatable bonds is 8. The minimum Gasteiger partial charge on any atom is -0.478 e. The number of aliphatic hydroxyl groups is 1. The Morgan fingerprint density at radius 1 is 0.643 bits per heavy atom. The Kier molecular flexibility index (Phi) is 6.11. The third-order valence-electron chi connectivity index (χ3n) is 4.10. The highest BCUT2D eigenvalue weighted by atomic mass is 16.4. The van der Waals surface area contributed by atoms with Crippen LogP contribution in [0.25, 0.3) is 0 Å². The Hall–Kier alpha value is -3.72. The lowest BCUT2D eigenvalue weighted by molar-refractivity contribution is 0.0648. The van der Waals surface area contributed by atoms with Crippen LogP contribution in [0.5, 0.6) is 0 Å². The van der Waals surface area contributed by atoms with E-state index in [2.05, 4.69) is 0 Å². The first-order chi connectivity index (χ1) is 13.1. The number of carbonyl (C=O) groups is 4. The third-order valence-corrected chi connectivity index (χ3v) is 4.10. The molecule has 0 radical (unpaired) electrons. The molecule has 0 amide bonds. The minimum atomic E-state index is -1.47. The predicted octanol–water partition coefficient (Wildman–Crippen LogP) is 1.63. The van der Waals surface area contributed by atoms with Crippen LogP contribution in [0.1, 0.15) is 52.6 Å². The SMILES string of the molecule is O=C(O)c1cccc(CC(O)Cc2cccc(C(=O)O)c2C(=O)O)c1C(=O)O. The molecule has 0 unspecified atom stereocenters.